The van der Waals surface area contributed by atoms with Gasteiger partial charge in [-0.2, -0.15) is 4.98 Å². The molecule has 0 unspecified atom stereocenters. The Hall–Kier alpha value is -3.59. The quantitative estimate of drug-likeness (QED) is 0.224. The Balaban J connectivity index is 0.00000136. The van der Waals surface area contributed by atoms with Gasteiger partial charge in [-0.1, -0.05) is 6.07 Å². The zero-order valence-electron chi connectivity index (χ0n) is 18.0. The van der Waals surface area contributed by atoms with Gasteiger partial charge in [0, 0.05) is 34.9 Å². The molecule has 3 aromatic heterocycles. The number of aryl methyl sites for hydroxylation is 1. The molecular formula is C23H23Cl3N8. The fourth-order valence-electron chi connectivity index (χ4n) is 3.32. The van der Waals surface area contributed by atoms with Gasteiger partial charge in [0.05, 0.1) is 11.0 Å². The maximum absolute atomic E-state index is 5.74. The Bertz CT molecular complexity index is 1340. The van der Waals surface area contributed by atoms with E-state index in [0.29, 0.717) is 5.82 Å². The second-order valence-electron chi connectivity index (χ2n) is 7.11. The van der Waals surface area contributed by atoms with E-state index in [1.807, 2.05) is 73.7 Å². The van der Waals surface area contributed by atoms with Crippen molar-refractivity contribution in [2.24, 2.45) is 0 Å². The van der Waals surface area contributed by atoms with Crippen LogP contribution in [0.5, 0.6) is 0 Å². The van der Waals surface area contributed by atoms with E-state index < -0.39 is 0 Å². The lowest BCUT2D eigenvalue weighted by Gasteiger charge is -2.06. The average Bonchev–Trinajstić information content (AvgIpc) is 3.18. The van der Waals surface area contributed by atoms with Crippen molar-refractivity contribution in [3.05, 3.63) is 78.6 Å². The first kappa shape index (κ1) is 26.7. The smallest absolute Gasteiger partial charge is 0.222 e. The molecule has 0 radical (unpaired) electrons. The van der Waals surface area contributed by atoms with Crippen molar-refractivity contribution in [3.8, 4) is 11.4 Å². The van der Waals surface area contributed by atoms with E-state index >= 15 is 0 Å². The zero-order chi connectivity index (χ0) is 21.2. The van der Waals surface area contributed by atoms with Gasteiger partial charge in [0.15, 0.2) is 0 Å². The Labute approximate surface area is 215 Å². The van der Waals surface area contributed by atoms with Crippen LogP contribution in [0.1, 0.15) is 5.69 Å². The monoisotopic (exact) mass is 516 g/mol. The number of aromatic amines is 1. The van der Waals surface area contributed by atoms with Gasteiger partial charge < -0.3 is 21.4 Å². The number of H-pyrrole nitrogens is 1. The zero-order valence-corrected chi connectivity index (χ0v) is 20.5. The van der Waals surface area contributed by atoms with E-state index in [0.717, 1.165) is 45.3 Å². The summed E-state index contributed by atoms with van der Waals surface area (Å²) >= 11 is 0. The van der Waals surface area contributed by atoms with Crippen LogP contribution in [0, 0.1) is 6.92 Å². The van der Waals surface area contributed by atoms with E-state index in [1.165, 1.54) is 0 Å². The highest BCUT2D eigenvalue weighted by Crippen LogP contribution is 2.26. The number of imidazole rings is 1. The summed E-state index contributed by atoms with van der Waals surface area (Å²) in [5, 5.41) is 6.54. The van der Waals surface area contributed by atoms with Crippen molar-refractivity contribution in [1.82, 2.24) is 24.9 Å². The number of hydrogen-bond acceptors (Lipinski definition) is 7. The molecule has 11 heteroatoms. The highest BCUT2D eigenvalue weighted by atomic mass is 35.5. The Morgan fingerprint density at radius 2 is 1.50 bits per heavy atom. The van der Waals surface area contributed by atoms with Gasteiger partial charge in [-0.3, -0.25) is 0 Å². The molecule has 0 aliphatic rings. The predicted molar refractivity (Wildman–Crippen MR) is 145 cm³/mol. The van der Waals surface area contributed by atoms with Gasteiger partial charge in [-0.05, 0) is 61.5 Å². The Morgan fingerprint density at radius 1 is 0.765 bits per heavy atom. The molecule has 5 aromatic rings. The number of hydrogen-bond donors (Lipinski definition) is 4. The molecule has 2 aromatic carbocycles. The average molecular weight is 518 g/mol. The van der Waals surface area contributed by atoms with Gasteiger partial charge in [-0.25, -0.2) is 15.0 Å². The van der Waals surface area contributed by atoms with E-state index in [4.69, 9.17) is 10.7 Å². The van der Waals surface area contributed by atoms with Crippen LogP contribution in [0.25, 0.3) is 22.4 Å². The third-order valence-electron chi connectivity index (χ3n) is 4.72. The summed E-state index contributed by atoms with van der Waals surface area (Å²) in [7, 11) is 0. The fourth-order valence-corrected chi connectivity index (χ4v) is 3.32. The molecule has 0 bridgehead atoms. The van der Waals surface area contributed by atoms with Crippen LogP contribution in [-0.4, -0.2) is 24.9 Å². The van der Waals surface area contributed by atoms with Crippen molar-refractivity contribution >= 4 is 77.2 Å². The molecule has 0 saturated heterocycles. The highest BCUT2D eigenvalue weighted by Gasteiger charge is 2.08. The Morgan fingerprint density at radius 3 is 2.21 bits per heavy atom. The number of anilines is 5. The first-order chi connectivity index (χ1) is 15.1. The normalized spacial score (nSPS) is 9.91. The topological polar surface area (TPSA) is 117 Å². The van der Waals surface area contributed by atoms with Crippen molar-refractivity contribution in [1.29, 1.82) is 0 Å². The molecule has 176 valence electrons. The lowest BCUT2D eigenvalue weighted by Crippen LogP contribution is -2.01. The summed E-state index contributed by atoms with van der Waals surface area (Å²) in [6.45, 7) is 1.88. The van der Waals surface area contributed by atoms with E-state index in [-0.39, 0.29) is 43.2 Å². The summed E-state index contributed by atoms with van der Waals surface area (Å²) in [5.74, 6) is 2.51. The van der Waals surface area contributed by atoms with Crippen molar-refractivity contribution in [2.75, 3.05) is 16.4 Å². The third kappa shape index (κ3) is 6.05. The number of nitrogen functional groups attached to an aromatic ring is 1. The SMILES string of the molecule is Cc1cc(Nc2ccc3nc(-c4ccc(Nc5ccccn5)cc4)[nH]c3c2)nc(N)n1.Cl.Cl.Cl. The molecule has 0 atom stereocenters. The number of nitrogens with one attached hydrogen (secondary N) is 3. The van der Waals surface area contributed by atoms with Gasteiger partial charge in [-0.15, -0.1) is 37.2 Å². The second-order valence-corrected chi connectivity index (χ2v) is 7.11. The summed E-state index contributed by atoms with van der Waals surface area (Å²) in [4.78, 5) is 20.7. The van der Waals surface area contributed by atoms with Crippen molar-refractivity contribution < 1.29 is 0 Å². The second kappa shape index (κ2) is 11.5. The molecule has 8 nitrogen and oxygen atoms in total. The van der Waals surface area contributed by atoms with Gasteiger partial charge in [0.1, 0.15) is 17.5 Å². The largest absolute Gasteiger partial charge is 0.368 e. The van der Waals surface area contributed by atoms with E-state index in [9.17, 15) is 0 Å². The minimum Gasteiger partial charge on any atom is -0.368 e. The van der Waals surface area contributed by atoms with Gasteiger partial charge >= 0.3 is 0 Å². The van der Waals surface area contributed by atoms with Crippen LogP contribution in [0.3, 0.4) is 0 Å². The summed E-state index contributed by atoms with van der Waals surface area (Å²) in [5.41, 5.74) is 11.2. The number of nitrogens with two attached hydrogens (primary N) is 1. The molecule has 0 saturated carbocycles. The van der Waals surface area contributed by atoms with Crippen LogP contribution in [-0.2, 0) is 0 Å². The van der Waals surface area contributed by atoms with Crippen LogP contribution in [0.15, 0.2) is 72.9 Å². The summed E-state index contributed by atoms with van der Waals surface area (Å²) in [6.07, 6.45) is 1.76. The Kier molecular flexibility index (Phi) is 9.03. The van der Waals surface area contributed by atoms with Crippen molar-refractivity contribution in [2.45, 2.75) is 6.92 Å². The van der Waals surface area contributed by atoms with Crippen LogP contribution in [0.4, 0.5) is 29.0 Å². The molecule has 5 rings (SSSR count). The third-order valence-corrected chi connectivity index (χ3v) is 4.72. The number of rotatable bonds is 5. The molecule has 0 aliphatic heterocycles. The van der Waals surface area contributed by atoms with E-state index in [2.05, 4.69) is 30.6 Å². The molecule has 5 N–H and O–H groups in total. The number of benzene rings is 2. The molecule has 0 spiro atoms. The van der Waals surface area contributed by atoms with E-state index in [1.54, 1.807) is 6.20 Å². The highest BCUT2D eigenvalue weighted by molar-refractivity contribution is 5.86. The van der Waals surface area contributed by atoms with Crippen LogP contribution < -0.4 is 16.4 Å². The first-order valence-electron chi connectivity index (χ1n) is 9.79. The lowest BCUT2D eigenvalue weighted by molar-refractivity contribution is 1.12. The maximum atomic E-state index is 5.74. The summed E-state index contributed by atoms with van der Waals surface area (Å²) < 4.78 is 0. The number of aromatic nitrogens is 5. The minimum atomic E-state index is 0. The number of fused-ring (bicyclic) bond motifs is 1. The summed E-state index contributed by atoms with van der Waals surface area (Å²) in [6, 6.07) is 21.6. The van der Waals surface area contributed by atoms with Gasteiger partial charge in [0.2, 0.25) is 5.95 Å². The number of nitrogens with zero attached hydrogens (tertiary/aromatic N) is 4. The molecule has 3 heterocycles. The fraction of sp³-hybridized carbons (Fsp3) is 0.0435. The van der Waals surface area contributed by atoms with Crippen LogP contribution in [0.2, 0.25) is 0 Å². The number of halogens is 3. The lowest BCUT2D eigenvalue weighted by atomic mass is 10.2. The van der Waals surface area contributed by atoms with Gasteiger partial charge in [0.25, 0.3) is 0 Å². The van der Waals surface area contributed by atoms with Crippen molar-refractivity contribution in [3.63, 3.8) is 0 Å². The molecule has 34 heavy (non-hydrogen) atoms. The molecule has 0 fully saturated rings. The molecule has 0 aliphatic carbocycles. The molecular weight excluding hydrogens is 495 g/mol. The standard InChI is InChI=1S/C23H20N8.3ClH/c1-14-12-21(31-23(24)26-14)28-17-9-10-18-19(13-17)30-22(29-18)15-5-7-16(8-6-15)27-20-4-2-3-11-25-20;;;/h2-13H,1H3,(H,25,27)(H,29,30)(H3,24,26,28,31);3*1H. The number of pyridine rings is 1. The minimum absolute atomic E-state index is 0. The first-order valence-corrected chi connectivity index (χ1v) is 9.79. The maximum Gasteiger partial charge on any atom is 0.222 e. The predicted octanol–water partition coefficient (Wildman–Crippen LogP) is 6.06. The molecule has 0 amide bonds. The van der Waals surface area contributed by atoms with Crippen LogP contribution >= 0.6 is 37.2 Å².